The van der Waals surface area contributed by atoms with E-state index < -0.39 is 24.8 Å². The van der Waals surface area contributed by atoms with Crippen LogP contribution in [-0.4, -0.2) is 55.2 Å². The molecule has 0 bridgehead atoms. The summed E-state index contributed by atoms with van der Waals surface area (Å²) in [4.78, 5) is 12.0. The third-order valence-electron chi connectivity index (χ3n) is 5.17. The fourth-order valence-electron chi connectivity index (χ4n) is 3.42. The zero-order valence-corrected chi connectivity index (χ0v) is 19.2. The van der Waals surface area contributed by atoms with Gasteiger partial charge in [0.2, 0.25) is 0 Å². The maximum atomic E-state index is 13.8. The van der Waals surface area contributed by atoms with E-state index in [-0.39, 0.29) is 24.8 Å². The molecule has 2 aromatic rings. The zero-order chi connectivity index (χ0) is 24.4. The van der Waals surface area contributed by atoms with Crippen LogP contribution < -0.4 is 16.1 Å². The lowest BCUT2D eigenvalue weighted by molar-refractivity contribution is 0.155. The van der Waals surface area contributed by atoms with Crippen molar-refractivity contribution in [3.63, 3.8) is 0 Å². The normalized spacial score (nSPS) is 13.6. The Morgan fingerprint density at radius 3 is 2.48 bits per heavy atom. The van der Waals surface area contributed by atoms with E-state index in [9.17, 15) is 24.3 Å². The topological polar surface area (TPSA) is 120 Å². The van der Waals surface area contributed by atoms with E-state index in [1.165, 1.54) is 18.9 Å². The molecular formula is C23H32BFN2O6. The minimum atomic E-state index is -1.54. The first-order valence-electron chi connectivity index (χ1n) is 10.9. The summed E-state index contributed by atoms with van der Waals surface area (Å²) in [5, 5.41) is 33.4. The summed E-state index contributed by atoms with van der Waals surface area (Å²) < 4.78 is 23.9. The van der Waals surface area contributed by atoms with E-state index in [4.69, 9.17) is 9.47 Å². The summed E-state index contributed by atoms with van der Waals surface area (Å²) in [6, 6.07) is 7.51. The van der Waals surface area contributed by atoms with Crippen LogP contribution in [0.1, 0.15) is 42.4 Å². The molecule has 2 aromatic carbocycles. The lowest BCUT2D eigenvalue weighted by atomic mass is 9.78. The first-order valence-corrected chi connectivity index (χ1v) is 10.9. The molecule has 1 fully saturated rings. The molecule has 0 aromatic heterocycles. The fraction of sp³-hybridized carbons (Fsp3) is 0.435. The molecule has 8 nitrogen and oxygen atoms in total. The number of nitrogens with one attached hydrogen (secondary N) is 2. The number of rotatable bonds is 7. The highest BCUT2D eigenvalue weighted by Gasteiger charge is 2.17. The molecule has 0 aliphatic carbocycles. The number of anilines is 1. The van der Waals surface area contributed by atoms with Crippen LogP contribution in [-0.2, 0) is 16.0 Å². The Morgan fingerprint density at radius 2 is 1.94 bits per heavy atom. The van der Waals surface area contributed by atoms with Gasteiger partial charge in [-0.15, -0.1) is 0 Å². The van der Waals surface area contributed by atoms with Gasteiger partial charge < -0.3 is 29.9 Å². The van der Waals surface area contributed by atoms with Crippen molar-refractivity contribution in [3.8, 4) is 5.75 Å². The number of hydrogen-bond acceptors (Lipinski definition) is 7. The van der Waals surface area contributed by atoms with Gasteiger partial charge in [0.1, 0.15) is 0 Å². The molecule has 5 N–H and O–H groups in total. The third kappa shape index (κ3) is 8.32. The van der Waals surface area contributed by atoms with E-state index in [0.29, 0.717) is 11.0 Å². The predicted octanol–water partition coefficient (Wildman–Crippen LogP) is 2.39. The predicted molar refractivity (Wildman–Crippen MR) is 125 cm³/mol. The van der Waals surface area contributed by atoms with Crippen molar-refractivity contribution < 1.29 is 33.8 Å². The monoisotopic (exact) mass is 462 g/mol. The lowest BCUT2D eigenvalue weighted by Crippen LogP contribution is -2.30. The van der Waals surface area contributed by atoms with Gasteiger partial charge in [0.15, 0.2) is 11.6 Å². The van der Waals surface area contributed by atoms with Gasteiger partial charge in [0.25, 0.3) is 0 Å². The molecular weight excluding hydrogens is 430 g/mol. The van der Waals surface area contributed by atoms with Crippen LogP contribution in [0.4, 0.5) is 14.9 Å². The second kappa shape index (κ2) is 13.1. The summed E-state index contributed by atoms with van der Waals surface area (Å²) >= 11 is 0. The molecule has 33 heavy (non-hydrogen) atoms. The SMILES string of the molecule is C1CCOC1.CNCc1cc(NC(=O)OCC(C)c2ccc(B(O)O)cc2C)cc(F)c1O. The zero-order valence-electron chi connectivity index (χ0n) is 19.2. The smallest absolute Gasteiger partial charge is 0.488 e. The highest BCUT2D eigenvalue weighted by molar-refractivity contribution is 6.58. The molecule has 1 amide bonds. The highest BCUT2D eigenvalue weighted by atomic mass is 19.1. The number of aryl methyl sites for hydroxylation is 1. The highest BCUT2D eigenvalue weighted by Crippen LogP contribution is 2.26. The molecule has 1 aliphatic heterocycles. The maximum absolute atomic E-state index is 13.8. The quantitative estimate of drug-likeness (QED) is 0.317. The molecule has 10 heteroatoms. The third-order valence-corrected chi connectivity index (χ3v) is 5.17. The van der Waals surface area contributed by atoms with Gasteiger partial charge in [-0.3, -0.25) is 5.32 Å². The molecule has 0 spiro atoms. The van der Waals surface area contributed by atoms with E-state index in [2.05, 4.69) is 10.6 Å². The number of phenolic OH excluding ortho intramolecular Hbond substituents is 1. The van der Waals surface area contributed by atoms with E-state index in [1.54, 1.807) is 25.2 Å². The van der Waals surface area contributed by atoms with Crippen molar-refractivity contribution in [2.45, 2.75) is 39.2 Å². The van der Waals surface area contributed by atoms with Gasteiger partial charge in [0.05, 0.1) is 6.61 Å². The summed E-state index contributed by atoms with van der Waals surface area (Å²) in [5.41, 5.74) is 2.63. The second-order valence-corrected chi connectivity index (χ2v) is 7.93. The van der Waals surface area contributed by atoms with Crippen LogP contribution in [0.25, 0.3) is 0 Å². The first-order chi connectivity index (χ1) is 15.7. The number of halogens is 1. The molecule has 1 unspecified atom stereocenters. The van der Waals surface area contributed by atoms with Gasteiger partial charge >= 0.3 is 13.2 Å². The fourth-order valence-corrected chi connectivity index (χ4v) is 3.42. The molecule has 1 atom stereocenters. The van der Waals surface area contributed by atoms with Crippen molar-refractivity contribution in [2.75, 3.05) is 32.2 Å². The van der Waals surface area contributed by atoms with Crippen molar-refractivity contribution in [2.24, 2.45) is 0 Å². The van der Waals surface area contributed by atoms with Gasteiger partial charge in [-0.1, -0.05) is 25.1 Å². The lowest BCUT2D eigenvalue weighted by Gasteiger charge is -2.16. The molecule has 3 rings (SSSR count). The number of aromatic hydroxyl groups is 1. The number of hydrogen-bond donors (Lipinski definition) is 5. The largest absolute Gasteiger partial charge is 0.505 e. The van der Waals surface area contributed by atoms with Crippen molar-refractivity contribution in [3.05, 3.63) is 52.8 Å². The first kappa shape index (κ1) is 26.6. The number of ether oxygens (including phenoxy) is 2. The summed E-state index contributed by atoms with van der Waals surface area (Å²) in [6.45, 7) is 6.02. The summed E-state index contributed by atoms with van der Waals surface area (Å²) in [5.74, 6) is -1.43. The van der Waals surface area contributed by atoms with Gasteiger partial charge in [-0.05, 0) is 49.5 Å². The second-order valence-electron chi connectivity index (χ2n) is 7.93. The number of amides is 1. The Balaban J connectivity index is 0.000000678. The Labute approximate surface area is 193 Å². The Morgan fingerprint density at radius 1 is 1.24 bits per heavy atom. The Kier molecular flexibility index (Phi) is 10.6. The molecule has 1 heterocycles. The minimum Gasteiger partial charge on any atom is -0.505 e. The van der Waals surface area contributed by atoms with Crippen molar-refractivity contribution in [1.29, 1.82) is 0 Å². The van der Waals surface area contributed by atoms with Crippen LogP contribution in [0.2, 0.25) is 0 Å². The van der Waals surface area contributed by atoms with Gasteiger partial charge in [-0.2, -0.15) is 0 Å². The minimum absolute atomic E-state index is 0.0810. The summed E-state index contributed by atoms with van der Waals surface area (Å²) in [7, 11) is 0.117. The number of carbonyl (C=O) groups is 1. The van der Waals surface area contributed by atoms with Gasteiger partial charge in [-0.25, -0.2) is 9.18 Å². The maximum Gasteiger partial charge on any atom is 0.488 e. The molecule has 0 radical (unpaired) electrons. The summed E-state index contributed by atoms with van der Waals surface area (Å²) in [6.07, 6.45) is 1.81. The van der Waals surface area contributed by atoms with Crippen molar-refractivity contribution in [1.82, 2.24) is 5.32 Å². The van der Waals surface area contributed by atoms with Crippen LogP contribution in [0.5, 0.6) is 5.75 Å². The molecule has 0 saturated carbocycles. The van der Waals surface area contributed by atoms with E-state index in [1.807, 2.05) is 13.8 Å². The number of benzene rings is 2. The standard InChI is InChI=1S/C19H24BFN2O5.C4H8O/c1-11-6-14(20(26)27)4-5-16(11)12(2)10-28-19(25)23-15-7-13(9-22-3)18(24)17(21)8-15;1-2-4-5-3-1/h4-8,12,22,24,26-27H,9-10H2,1-3H3,(H,23,25);1-4H2. The average Bonchev–Trinajstić information content (AvgIpc) is 3.36. The van der Waals surface area contributed by atoms with Crippen LogP contribution in [0.15, 0.2) is 30.3 Å². The van der Waals surface area contributed by atoms with Crippen LogP contribution in [0.3, 0.4) is 0 Å². The molecule has 1 saturated heterocycles. The van der Waals surface area contributed by atoms with E-state index >= 15 is 0 Å². The molecule has 1 aliphatic rings. The Hall–Kier alpha value is -2.66. The van der Waals surface area contributed by atoms with E-state index in [0.717, 1.165) is 30.4 Å². The number of phenols is 1. The average molecular weight is 462 g/mol. The van der Waals surface area contributed by atoms with Gasteiger partial charge in [0, 0.05) is 43.0 Å². The Bertz CT molecular complexity index is 916. The van der Waals surface area contributed by atoms with Crippen LogP contribution >= 0.6 is 0 Å². The molecule has 180 valence electrons. The van der Waals surface area contributed by atoms with Crippen LogP contribution in [0, 0.1) is 12.7 Å². The number of carbonyl (C=O) groups excluding carboxylic acids is 1. The van der Waals surface area contributed by atoms with Crippen molar-refractivity contribution >= 4 is 24.4 Å².